The first-order valence-corrected chi connectivity index (χ1v) is 7.30. The molecule has 1 aromatic heterocycles. The Morgan fingerprint density at radius 1 is 1.00 bits per heavy atom. The topological polar surface area (TPSA) is 61.1 Å². The molecule has 0 saturated heterocycles. The van der Waals surface area contributed by atoms with Crippen LogP contribution in [0, 0.1) is 20.8 Å². The van der Waals surface area contributed by atoms with Crippen LogP contribution in [-0.4, -0.2) is 13.4 Å². The van der Waals surface area contributed by atoms with Crippen LogP contribution in [0.25, 0.3) is 4.72 Å². The molecule has 5 heteroatoms. The molecule has 0 fully saturated rings. The Kier molecular flexibility index (Phi) is 3.57. The van der Waals surface area contributed by atoms with Crippen LogP contribution in [0.3, 0.4) is 0 Å². The Balaban J connectivity index is 2.46. The number of hydrogen-bond donors (Lipinski definition) is 0. The molecule has 100 valence electrons. The Morgan fingerprint density at radius 3 is 2.05 bits per heavy atom. The van der Waals surface area contributed by atoms with Crippen LogP contribution < -0.4 is 0 Å². The molecule has 1 heterocycles. The van der Waals surface area contributed by atoms with Gasteiger partial charge in [0.15, 0.2) is 0 Å². The number of aromatic nitrogens is 1. The molecule has 0 bridgehead atoms. The zero-order valence-electron chi connectivity index (χ0n) is 11.1. The number of nitrogens with zero attached hydrogens (tertiary/aromatic N) is 2. The average molecular weight is 275 g/mol. The lowest BCUT2D eigenvalue weighted by molar-refractivity contribution is 0.602. The van der Waals surface area contributed by atoms with Gasteiger partial charge in [0, 0.05) is 12.4 Å². The van der Waals surface area contributed by atoms with E-state index in [1.165, 1.54) is 12.4 Å². The zero-order valence-corrected chi connectivity index (χ0v) is 11.9. The van der Waals surface area contributed by atoms with Crippen LogP contribution in [-0.2, 0) is 10.0 Å². The number of hydrogen-bond acceptors (Lipinski definition) is 3. The smallest absolute Gasteiger partial charge is 0.123 e. The number of benzene rings is 1. The summed E-state index contributed by atoms with van der Waals surface area (Å²) in [5.74, 6) is 0. The van der Waals surface area contributed by atoms with Gasteiger partial charge in [0.1, 0.15) is 10.0 Å². The fourth-order valence-electron chi connectivity index (χ4n) is 2.16. The Bertz CT molecular complexity index is 672. The van der Waals surface area contributed by atoms with E-state index < -0.39 is 10.0 Å². The standard InChI is InChI=1S/C14H15N2O2S/c1-10-8-11(2)14(12(3)9-10)19(17,18)16-13-4-6-15-7-5-13/h4-9H,1-3H3/q-1. The quantitative estimate of drug-likeness (QED) is 0.862. The molecule has 0 amide bonds. The van der Waals surface area contributed by atoms with Crippen molar-refractivity contribution in [2.45, 2.75) is 25.7 Å². The molecule has 4 nitrogen and oxygen atoms in total. The normalized spacial score (nSPS) is 11.3. The van der Waals surface area contributed by atoms with E-state index >= 15 is 0 Å². The van der Waals surface area contributed by atoms with Crippen molar-refractivity contribution in [2.24, 2.45) is 0 Å². The van der Waals surface area contributed by atoms with Crippen molar-refractivity contribution in [3.63, 3.8) is 0 Å². The minimum atomic E-state index is -3.69. The highest BCUT2D eigenvalue weighted by Gasteiger charge is 2.12. The molecular formula is C14H15N2O2S-. The Hall–Kier alpha value is -1.88. The van der Waals surface area contributed by atoms with Crippen LogP contribution in [0.2, 0.25) is 0 Å². The molecule has 0 unspecified atom stereocenters. The number of sulfonamides is 1. The second kappa shape index (κ2) is 5.01. The van der Waals surface area contributed by atoms with E-state index in [0.29, 0.717) is 5.69 Å². The molecule has 0 saturated carbocycles. The van der Waals surface area contributed by atoms with Crippen molar-refractivity contribution >= 4 is 15.7 Å². The summed E-state index contributed by atoms with van der Waals surface area (Å²) in [6.45, 7) is 5.51. The van der Waals surface area contributed by atoms with Crippen LogP contribution in [0.4, 0.5) is 5.69 Å². The third-order valence-corrected chi connectivity index (χ3v) is 4.36. The summed E-state index contributed by atoms with van der Waals surface area (Å²) in [5, 5.41) is 0. The maximum atomic E-state index is 12.4. The first-order chi connectivity index (χ1) is 8.90. The summed E-state index contributed by atoms with van der Waals surface area (Å²) in [6.07, 6.45) is 3.03. The number of pyridine rings is 1. The summed E-state index contributed by atoms with van der Waals surface area (Å²) >= 11 is 0. The largest absolute Gasteiger partial charge is 0.573 e. The van der Waals surface area contributed by atoms with Crippen molar-refractivity contribution in [3.05, 3.63) is 58.1 Å². The van der Waals surface area contributed by atoms with Crippen molar-refractivity contribution in [1.29, 1.82) is 0 Å². The molecule has 0 spiro atoms. The van der Waals surface area contributed by atoms with Gasteiger partial charge in [-0.05, 0) is 31.9 Å². The molecule has 19 heavy (non-hydrogen) atoms. The van der Waals surface area contributed by atoms with E-state index in [1.807, 2.05) is 19.1 Å². The summed E-state index contributed by atoms with van der Waals surface area (Å²) in [7, 11) is -3.69. The first kappa shape index (κ1) is 13.5. The Labute approximate surface area is 113 Å². The van der Waals surface area contributed by atoms with Gasteiger partial charge in [-0.2, -0.15) is 0 Å². The molecule has 2 rings (SSSR count). The maximum Gasteiger partial charge on any atom is 0.123 e. The van der Waals surface area contributed by atoms with Gasteiger partial charge in [-0.3, -0.25) is 4.98 Å². The second-order valence-corrected chi connectivity index (χ2v) is 6.04. The fourth-order valence-corrected chi connectivity index (χ4v) is 3.59. The molecule has 1 aromatic carbocycles. The highest BCUT2D eigenvalue weighted by molar-refractivity contribution is 7.94. The van der Waals surface area contributed by atoms with E-state index in [0.717, 1.165) is 16.7 Å². The number of aryl methyl sites for hydroxylation is 3. The van der Waals surface area contributed by atoms with Gasteiger partial charge in [-0.15, -0.1) is 5.69 Å². The minimum Gasteiger partial charge on any atom is -0.573 e. The van der Waals surface area contributed by atoms with E-state index in [1.54, 1.807) is 26.0 Å². The van der Waals surface area contributed by atoms with Gasteiger partial charge in [-0.1, -0.05) is 29.8 Å². The van der Waals surface area contributed by atoms with Crippen LogP contribution >= 0.6 is 0 Å². The predicted octanol–water partition coefficient (Wildman–Crippen LogP) is 3.40. The summed E-state index contributed by atoms with van der Waals surface area (Å²) < 4.78 is 28.6. The summed E-state index contributed by atoms with van der Waals surface area (Å²) in [5.41, 5.74) is 2.86. The van der Waals surface area contributed by atoms with Crippen LogP contribution in [0.15, 0.2) is 41.6 Å². The van der Waals surface area contributed by atoms with Gasteiger partial charge < -0.3 is 4.72 Å². The van der Waals surface area contributed by atoms with Gasteiger partial charge in [0.2, 0.25) is 0 Å². The highest BCUT2D eigenvalue weighted by atomic mass is 32.2. The zero-order chi connectivity index (χ0) is 14.0. The average Bonchev–Trinajstić information content (AvgIpc) is 2.27. The monoisotopic (exact) mass is 275 g/mol. The first-order valence-electron chi connectivity index (χ1n) is 5.86. The maximum absolute atomic E-state index is 12.4. The number of rotatable bonds is 3. The minimum absolute atomic E-state index is 0.287. The van der Waals surface area contributed by atoms with E-state index in [4.69, 9.17) is 0 Å². The molecule has 0 aliphatic rings. The van der Waals surface area contributed by atoms with Gasteiger partial charge in [-0.25, -0.2) is 8.42 Å². The third-order valence-electron chi connectivity index (χ3n) is 2.75. The predicted molar refractivity (Wildman–Crippen MR) is 75.1 cm³/mol. The molecule has 0 N–H and O–H groups in total. The van der Waals surface area contributed by atoms with Gasteiger partial charge >= 0.3 is 0 Å². The summed E-state index contributed by atoms with van der Waals surface area (Å²) in [4.78, 5) is 4.13. The highest BCUT2D eigenvalue weighted by Crippen LogP contribution is 2.31. The van der Waals surface area contributed by atoms with Crippen LogP contribution in [0.1, 0.15) is 16.7 Å². The molecule has 0 aliphatic carbocycles. The Morgan fingerprint density at radius 2 is 1.53 bits per heavy atom. The van der Waals surface area contributed by atoms with Crippen molar-refractivity contribution in [2.75, 3.05) is 0 Å². The van der Waals surface area contributed by atoms with Crippen molar-refractivity contribution in [1.82, 2.24) is 4.98 Å². The van der Waals surface area contributed by atoms with Crippen molar-refractivity contribution < 1.29 is 8.42 Å². The second-order valence-electron chi connectivity index (χ2n) is 4.50. The van der Waals surface area contributed by atoms with Gasteiger partial charge in [0.25, 0.3) is 0 Å². The van der Waals surface area contributed by atoms with E-state index in [9.17, 15) is 8.42 Å². The fraction of sp³-hybridized carbons (Fsp3) is 0.214. The molecular weight excluding hydrogens is 260 g/mol. The molecule has 0 atom stereocenters. The van der Waals surface area contributed by atoms with E-state index in [2.05, 4.69) is 9.71 Å². The van der Waals surface area contributed by atoms with Crippen LogP contribution in [0.5, 0.6) is 0 Å². The van der Waals surface area contributed by atoms with E-state index in [-0.39, 0.29) is 4.90 Å². The molecule has 0 radical (unpaired) electrons. The SMILES string of the molecule is Cc1cc(C)c(S(=O)(=O)[N-]c2ccncc2)c(C)c1. The van der Waals surface area contributed by atoms with Gasteiger partial charge in [0.05, 0.1) is 4.90 Å². The lowest BCUT2D eigenvalue weighted by atomic mass is 10.1. The molecule has 0 aliphatic heterocycles. The lowest BCUT2D eigenvalue weighted by Crippen LogP contribution is -2.04. The lowest BCUT2D eigenvalue weighted by Gasteiger charge is -2.24. The third kappa shape index (κ3) is 2.93. The molecule has 2 aromatic rings. The van der Waals surface area contributed by atoms with Crippen molar-refractivity contribution in [3.8, 4) is 0 Å². The summed E-state index contributed by atoms with van der Waals surface area (Å²) in [6, 6.07) is 6.83.